The van der Waals surface area contributed by atoms with Crippen LogP contribution in [0.5, 0.6) is 5.75 Å². The van der Waals surface area contributed by atoms with E-state index in [1.165, 1.54) is 0 Å². The van der Waals surface area contributed by atoms with Crippen LogP contribution in [-0.2, 0) is 19.6 Å². The third kappa shape index (κ3) is 3.59. The van der Waals surface area contributed by atoms with E-state index < -0.39 is 0 Å². The highest BCUT2D eigenvalue weighted by atomic mass is 16.5. The van der Waals surface area contributed by atoms with Crippen LogP contribution in [0.25, 0.3) is 0 Å². The van der Waals surface area contributed by atoms with Crippen molar-refractivity contribution in [2.45, 2.75) is 19.6 Å². The molecule has 0 radical (unpaired) electrons. The Hall–Kier alpha value is -1.78. The van der Waals surface area contributed by atoms with Crippen molar-refractivity contribution < 1.29 is 9.15 Å². The lowest BCUT2D eigenvalue weighted by atomic mass is 10.1. The molecule has 19 heavy (non-hydrogen) atoms. The normalized spacial score (nSPS) is 10.9. The van der Waals surface area contributed by atoms with E-state index in [0.29, 0.717) is 6.54 Å². The molecule has 1 aromatic heterocycles. The third-order valence-electron chi connectivity index (χ3n) is 3.03. The van der Waals surface area contributed by atoms with Gasteiger partial charge in [-0.1, -0.05) is 6.07 Å². The molecule has 0 fully saturated rings. The number of benzene rings is 1. The monoisotopic (exact) mass is 260 g/mol. The molecule has 2 rings (SSSR count). The van der Waals surface area contributed by atoms with Gasteiger partial charge in [0.2, 0.25) is 0 Å². The van der Waals surface area contributed by atoms with E-state index >= 15 is 0 Å². The Labute approximate surface area is 113 Å². The topological polar surface area (TPSA) is 51.6 Å². The number of rotatable bonds is 6. The van der Waals surface area contributed by atoms with Crippen LogP contribution in [0.1, 0.15) is 16.9 Å². The van der Waals surface area contributed by atoms with Crippen LogP contribution in [0.15, 0.2) is 41.0 Å². The van der Waals surface area contributed by atoms with Crippen LogP contribution in [0, 0.1) is 0 Å². The zero-order valence-electron chi connectivity index (χ0n) is 11.4. The van der Waals surface area contributed by atoms with Crippen molar-refractivity contribution >= 4 is 0 Å². The van der Waals surface area contributed by atoms with Gasteiger partial charge in [0.15, 0.2) is 0 Å². The number of methoxy groups -OCH3 is 1. The number of nitrogens with zero attached hydrogens (tertiary/aromatic N) is 1. The van der Waals surface area contributed by atoms with Gasteiger partial charge in [-0.3, -0.25) is 4.90 Å². The minimum atomic E-state index is 0.541. The molecule has 1 aromatic carbocycles. The van der Waals surface area contributed by atoms with Crippen molar-refractivity contribution in [2.24, 2.45) is 5.73 Å². The molecular formula is C15H20N2O2. The van der Waals surface area contributed by atoms with Gasteiger partial charge < -0.3 is 14.9 Å². The van der Waals surface area contributed by atoms with E-state index in [9.17, 15) is 0 Å². The average Bonchev–Trinajstić information content (AvgIpc) is 2.91. The lowest BCUT2D eigenvalue weighted by Crippen LogP contribution is -2.17. The van der Waals surface area contributed by atoms with Gasteiger partial charge in [0.1, 0.15) is 11.5 Å². The third-order valence-corrected chi connectivity index (χ3v) is 3.03. The fourth-order valence-corrected chi connectivity index (χ4v) is 2.10. The van der Waals surface area contributed by atoms with Gasteiger partial charge in [0, 0.05) is 18.7 Å². The zero-order valence-corrected chi connectivity index (χ0v) is 11.4. The Morgan fingerprint density at radius 2 is 2.11 bits per heavy atom. The number of hydrogen-bond acceptors (Lipinski definition) is 4. The summed E-state index contributed by atoms with van der Waals surface area (Å²) in [6, 6.07) is 9.94. The highest BCUT2D eigenvalue weighted by Crippen LogP contribution is 2.21. The van der Waals surface area contributed by atoms with E-state index in [4.69, 9.17) is 14.9 Å². The summed E-state index contributed by atoms with van der Waals surface area (Å²) in [5.74, 6) is 1.85. The predicted octanol–water partition coefficient (Wildman–Crippen LogP) is 2.38. The van der Waals surface area contributed by atoms with Crippen molar-refractivity contribution in [1.29, 1.82) is 0 Å². The minimum Gasteiger partial charge on any atom is -0.496 e. The Morgan fingerprint density at radius 3 is 2.74 bits per heavy atom. The van der Waals surface area contributed by atoms with E-state index in [-0.39, 0.29) is 0 Å². The van der Waals surface area contributed by atoms with Crippen LogP contribution in [0.4, 0.5) is 0 Å². The molecule has 0 saturated heterocycles. The maximum absolute atomic E-state index is 5.68. The van der Waals surface area contributed by atoms with E-state index in [0.717, 1.165) is 35.7 Å². The molecule has 0 bridgehead atoms. The first-order chi connectivity index (χ1) is 9.22. The first-order valence-electron chi connectivity index (χ1n) is 6.29. The van der Waals surface area contributed by atoms with E-state index in [1.807, 2.05) is 24.3 Å². The molecular weight excluding hydrogens is 240 g/mol. The highest BCUT2D eigenvalue weighted by molar-refractivity contribution is 5.37. The molecule has 0 unspecified atom stereocenters. The highest BCUT2D eigenvalue weighted by Gasteiger charge is 2.09. The van der Waals surface area contributed by atoms with Gasteiger partial charge in [0.05, 0.1) is 19.9 Å². The summed E-state index contributed by atoms with van der Waals surface area (Å²) < 4.78 is 10.7. The Kier molecular flexibility index (Phi) is 4.60. The van der Waals surface area contributed by atoms with Crippen molar-refractivity contribution in [1.82, 2.24) is 4.90 Å². The number of ether oxygens (including phenoxy) is 1. The standard InChI is InChI=1S/C15H20N2O2/c1-17(11-14-4-3-7-19-14)10-13-8-12(9-16)5-6-15(13)18-2/h3-8H,9-11,16H2,1-2H3. The molecule has 2 N–H and O–H groups in total. The molecule has 0 aliphatic heterocycles. The number of hydrogen-bond donors (Lipinski definition) is 1. The quantitative estimate of drug-likeness (QED) is 0.866. The molecule has 102 valence electrons. The lowest BCUT2D eigenvalue weighted by molar-refractivity contribution is 0.282. The molecule has 0 saturated carbocycles. The molecule has 0 aliphatic carbocycles. The Bertz CT molecular complexity index is 509. The van der Waals surface area contributed by atoms with Crippen molar-refractivity contribution in [3.05, 3.63) is 53.5 Å². The first-order valence-corrected chi connectivity index (χ1v) is 6.29. The van der Waals surface area contributed by atoms with Gasteiger partial charge >= 0.3 is 0 Å². The molecule has 2 aromatic rings. The summed E-state index contributed by atoms with van der Waals surface area (Å²) in [5.41, 5.74) is 7.93. The number of furan rings is 1. The Balaban J connectivity index is 2.08. The number of nitrogens with two attached hydrogens (primary N) is 1. The fourth-order valence-electron chi connectivity index (χ4n) is 2.10. The largest absolute Gasteiger partial charge is 0.496 e. The fraction of sp³-hybridized carbons (Fsp3) is 0.333. The maximum Gasteiger partial charge on any atom is 0.123 e. The molecule has 0 spiro atoms. The first kappa shape index (κ1) is 13.6. The van der Waals surface area contributed by atoms with Crippen LogP contribution in [-0.4, -0.2) is 19.1 Å². The molecule has 4 nitrogen and oxygen atoms in total. The summed E-state index contributed by atoms with van der Waals surface area (Å²) in [6.45, 7) is 2.10. The van der Waals surface area contributed by atoms with Crippen molar-refractivity contribution in [3.8, 4) is 5.75 Å². The SMILES string of the molecule is COc1ccc(CN)cc1CN(C)Cc1ccco1. The second-order valence-electron chi connectivity index (χ2n) is 4.60. The molecule has 0 amide bonds. The van der Waals surface area contributed by atoms with Crippen molar-refractivity contribution in [2.75, 3.05) is 14.2 Å². The maximum atomic E-state index is 5.68. The smallest absolute Gasteiger partial charge is 0.123 e. The molecule has 0 atom stereocenters. The summed E-state index contributed by atoms with van der Waals surface area (Å²) in [6.07, 6.45) is 1.69. The van der Waals surface area contributed by atoms with Gasteiger partial charge in [-0.25, -0.2) is 0 Å². The average molecular weight is 260 g/mol. The molecule has 4 heteroatoms. The van der Waals surface area contributed by atoms with Crippen LogP contribution < -0.4 is 10.5 Å². The summed E-state index contributed by atoms with van der Waals surface area (Å²) >= 11 is 0. The van der Waals surface area contributed by atoms with Crippen LogP contribution in [0.3, 0.4) is 0 Å². The summed E-state index contributed by atoms with van der Waals surface area (Å²) in [5, 5.41) is 0. The molecule has 1 heterocycles. The molecule has 0 aliphatic rings. The minimum absolute atomic E-state index is 0.541. The van der Waals surface area contributed by atoms with Gasteiger partial charge in [-0.15, -0.1) is 0 Å². The van der Waals surface area contributed by atoms with Gasteiger partial charge in [-0.05, 0) is 36.9 Å². The van der Waals surface area contributed by atoms with Gasteiger partial charge in [-0.2, -0.15) is 0 Å². The lowest BCUT2D eigenvalue weighted by Gasteiger charge is -2.18. The van der Waals surface area contributed by atoms with Gasteiger partial charge in [0.25, 0.3) is 0 Å². The zero-order chi connectivity index (χ0) is 13.7. The predicted molar refractivity (Wildman–Crippen MR) is 74.8 cm³/mol. The van der Waals surface area contributed by atoms with Crippen molar-refractivity contribution in [3.63, 3.8) is 0 Å². The van der Waals surface area contributed by atoms with E-state index in [2.05, 4.69) is 18.0 Å². The second-order valence-corrected chi connectivity index (χ2v) is 4.60. The van der Waals surface area contributed by atoms with E-state index in [1.54, 1.807) is 13.4 Å². The van der Waals surface area contributed by atoms with Crippen LogP contribution >= 0.6 is 0 Å². The second kappa shape index (κ2) is 6.41. The summed E-state index contributed by atoms with van der Waals surface area (Å²) in [7, 11) is 3.74. The summed E-state index contributed by atoms with van der Waals surface area (Å²) in [4.78, 5) is 2.18. The Morgan fingerprint density at radius 1 is 1.26 bits per heavy atom. The van der Waals surface area contributed by atoms with Crippen LogP contribution in [0.2, 0.25) is 0 Å².